The molecule has 2 aliphatic rings. The van der Waals surface area contributed by atoms with E-state index in [0.717, 1.165) is 9.88 Å². The average Bonchev–Trinajstić information content (AvgIpc) is 3.19. The van der Waals surface area contributed by atoms with Gasteiger partial charge in [-0.2, -0.15) is 0 Å². The molecule has 2 aliphatic heterocycles. The summed E-state index contributed by atoms with van der Waals surface area (Å²) in [6.07, 6.45) is 2.33. The number of nitrogens with zero attached hydrogens (tertiary/aromatic N) is 2. The van der Waals surface area contributed by atoms with Crippen LogP contribution in [0.1, 0.15) is 27.3 Å². The fourth-order valence-corrected chi connectivity index (χ4v) is 3.91. The first-order valence-corrected chi connectivity index (χ1v) is 8.89. The summed E-state index contributed by atoms with van der Waals surface area (Å²) in [6, 6.07) is -0.369. The third kappa shape index (κ3) is 2.88. The molecule has 9 heteroatoms. The minimum Gasteiger partial charge on any atom is -0.380 e. The highest BCUT2D eigenvalue weighted by molar-refractivity contribution is 7.15. The maximum Gasteiger partial charge on any atom is 0.254 e. The van der Waals surface area contributed by atoms with Crippen molar-refractivity contribution in [2.75, 3.05) is 18.5 Å². The lowest BCUT2D eigenvalue weighted by molar-refractivity contribution is 0.0751. The van der Waals surface area contributed by atoms with Gasteiger partial charge in [0.2, 0.25) is 0 Å². The van der Waals surface area contributed by atoms with E-state index in [4.69, 9.17) is 10.5 Å². The smallest absolute Gasteiger partial charge is 0.254 e. The quantitative estimate of drug-likeness (QED) is 0.762. The van der Waals surface area contributed by atoms with E-state index in [1.54, 1.807) is 6.20 Å². The number of anilines is 1. The summed E-state index contributed by atoms with van der Waals surface area (Å²) in [5.41, 5.74) is 7.14. The first-order valence-electron chi connectivity index (χ1n) is 8.08. The normalized spacial score (nSPS) is 22.6. The third-order valence-electron chi connectivity index (χ3n) is 4.46. The molecule has 2 unspecified atom stereocenters. The van der Waals surface area contributed by atoms with Gasteiger partial charge < -0.3 is 21.1 Å². The number of thiazole rings is 1. The van der Waals surface area contributed by atoms with Crippen molar-refractivity contribution in [2.24, 2.45) is 5.73 Å². The van der Waals surface area contributed by atoms with Crippen LogP contribution in [0.4, 0.5) is 10.2 Å². The molecule has 2 atom stereocenters. The van der Waals surface area contributed by atoms with E-state index >= 15 is 0 Å². The lowest BCUT2D eigenvalue weighted by Gasteiger charge is -2.30. The molecule has 4 heterocycles. The lowest BCUT2D eigenvalue weighted by Crippen LogP contribution is -2.48. The Kier molecular flexibility index (Phi) is 4.14. The van der Waals surface area contributed by atoms with E-state index in [-0.39, 0.29) is 30.4 Å². The van der Waals surface area contributed by atoms with Crippen molar-refractivity contribution >= 4 is 23.1 Å². The third-order valence-corrected chi connectivity index (χ3v) is 5.38. The van der Waals surface area contributed by atoms with Gasteiger partial charge in [-0.25, -0.2) is 14.4 Å². The number of ether oxygens (including phenoxy) is 1. The Hall–Kier alpha value is -2.10. The Labute approximate surface area is 147 Å². The summed E-state index contributed by atoms with van der Waals surface area (Å²) < 4.78 is 20.3. The van der Waals surface area contributed by atoms with Crippen LogP contribution in [0, 0.1) is 12.7 Å². The molecule has 1 amide bonds. The van der Waals surface area contributed by atoms with Crippen LogP contribution in [0.3, 0.4) is 0 Å². The fraction of sp³-hybridized carbons (Fsp3) is 0.438. The van der Waals surface area contributed by atoms with Crippen molar-refractivity contribution in [3.05, 3.63) is 28.1 Å². The Balaban J connectivity index is 1.79. The molecule has 0 spiro atoms. The number of nitrogens with two attached hydrogens (primary N) is 1. The first-order chi connectivity index (χ1) is 12.0. The number of amides is 1. The highest BCUT2D eigenvalue weighted by atomic mass is 32.1. The summed E-state index contributed by atoms with van der Waals surface area (Å²) in [5, 5.41) is 6.65. The minimum atomic E-state index is -0.503. The Morgan fingerprint density at radius 1 is 1.52 bits per heavy atom. The minimum absolute atomic E-state index is 0.124. The number of pyridine rings is 1. The van der Waals surface area contributed by atoms with Crippen molar-refractivity contribution in [1.82, 2.24) is 15.3 Å². The number of carbonyl (C=O) groups is 1. The molecule has 0 bridgehead atoms. The fourth-order valence-electron chi connectivity index (χ4n) is 3.14. The zero-order chi connectivity index (χ0) is 17.6. The van der Waals surface area contributed by atoms with Gasteiger partial charge in [0.05, 0.1) is 27.7 Å². The maximum atomic E-state index is 14.9. The molecule has 7 nitrogen and oxygen atoms in total. The van der Waals surface area contributed by atoms with Gasteiger partial charge in [0.15, 0.2) is 11.6 Å². The van der Waals surface area contributed by atoms with E-state index < -0.39 is 5.82 Å². The zero-order valence-electron chi connectivity index (χ0n) is 13.6. The SMILES string of the molecule is Cc1ncc(-c2nc(NC3CCOCC3N)c(F)c3c2C(=O)NC3)s1. The van der Waals surface area contributed by atoms with Gasteiger partial charge in [0, 0.05) is 37.0 Å². The van der Waals surface area contributed by atoms with Crippen LogP contribution in [0.2, 0.25) is 0 Å². The predicted octanol–water partition coefficient (Wildman–Crippen LogP) is 1.42. The average molecular weight is 363 g/mol. The number of halogens is 1. The van der Waals surface area contributed by atoms with Crippen molar-refractivity contribution in [3.8, 4) is 10.6 Å². The highest BCUT2D eigenvalue weighted by Crippen LogP contribution is 2.35. The number of rotatable bonds is 3. The lowest BCUT2D eigenvalue weighted by atomic mass is 10.0. The second-order valence-electron chi connectivity index (χ2n) is 6.18. The molecule has 132 valence electrons. The van der Waals surface area contributed by atoms with Crippen molar-refractivity contribution in [1.29, 1.82) is 0 Å². The van der Waals surface area contributed by atoms with Gasteiger partial charge in [-0.1, -0.05) is 0 Å². The van der Waals surface area contributed by atoms with Crippen LogP contribution >= 0.6 is 11.3 Å². The zero-order valence-corrected chi connectivity index (χ0v) is 14.5. The van der Waals surface area contributed by atoms with E-state index in [9.17, 15) is 9.18 Å². The molecule has 4 rings (SSSR count). The molecule has 4 N–H and O–H groups in total. The number of nitrogens with one attached hydrogen (secondary N) is 2. The predicted molar refractivity (Wildman–Crippen MR) is 92.0 cm³/mol. The molecule has 2 aromatic heterocycles. The molecule has 0 aromatic carbocycles. The molecule has 25 heavy (non-hydrogen) atoms. The van der Waals surface area contributed by atoms with Crippen molar-refractivity contribution < 1.29 is 13.9 Å². The number of aryl methyl sites for hydroxylation is 1. The highest BCUT2D eigenvalue weighted by Gasteiger charge is 2.32. The second-order valence-corrected chi connectivity index (χ2v) is 7.42. The van der Waals surface area contributed by atoms with Crippen LogP contribution in [0.15, 0.2) is 6.20 Å². The Morgan fingerprint density at radius 2 is 2.36 bits per heavy atom. The summed E-state index contributed by atoms with van der Waals surface area (Å²) >= 11 is 1.42. The van der Waals surface area contributed by atoms with E-state index in [2.05, 4.69) is 20.6 Å². The van der Waals surface area contributed by atoms with Crippen LogP contribution in [-0.2, 0) is 11.3 Å². The summed E-state index contributed by atoms with van der Waals surface area (Å²) in [6.45, 7) is 3.02. The maximum absolute atomic E-state index is 14.9. The molecular weight excluding hydrogens is 345 g/mol. The molecule has 0 radical (unpaired) electrons. The molecule has 2 aromatic rings. The van der Waals surface area contributed by atoms with E-state index in [0.29, 0.717) is 36.5 Å². The number of carbonyl (C=O) groups excluding carboxylic acids is 1. The molecule has 0 aliphatic carbocycles. The second kappa shape index (κ2) is 6.32. The van der Waals surface area contributed by atoms with E-state index in [1.807, 2.05) is 6.92 Å². The van der Waals surface area contributed by atoms with Crippen LogP contribution in [0.5, 0.6) is 0 Å². The number of hydrogen-bond donors (Lipinski definition) is 3. The van der Waals surface area contributed by atoms with Crippen LogP contribution in [-0.4, -0.2) is 41.2 Å². The van der Waals surface area contributed by atoms with Crippen LogP contribution < -0.4 is 16.4 Å². The molecular formula is C16H18FN5O2S. The van der Waals surface area contributed by atoms with Crippen LogP contribution in [0.25, 0.3) is 10.6 Å². The van der Waals surface area contributed by atoms with Gasteiger partial charge in [-0.15, -0.1) is 11.3 Å². The van der Waals surface area contributed by atoms with Gasteiger partial charge in [-0.3, -0.25) is 4.79 Å². The van der Waals surface area contributed by atoms with Gasteiger partial charge in [0.1, 0.15) is 0 Å². The summed E-state index contributed by atoms with van der Waals surface area (Å²) in [5.74, 6) is -0.688. The number of fused-ring (bicyclic) bond motifs is 1. The van der Waals surface area contributed by atoms with E-state index in [1.165, 1.54) is 11.3 Å². The summed E-state index contributed by atoms with van der Waals surface area (Å²) in [7, 11) is 0. The molecule has 1 saturated heterocycles. The van der Waals surface area contributed by atoms with Crippen molar-refractivity contribution in [2.45, 2.75) is 32.0 Å². The number of hydrogen-bond acceptors (Lipinski definition) is 7. The molecule has 1 fully saturated rings. The van der Waals surface area contributed by atoms with Gasteiger partial charge in [0.25, 0.3) is 5.91 Å². The standard InChI is InChI=1S/C16H18FN5O2S/c1-7-19-5-11(25-7)14-12-8(4-20-16(12)23)13(17)15(22-14)21-10-2-3-24-6-9(10)18/h5,9-10H,2-4,6,18H2,1H3,(H,20,23)(H,21,22). The number of aromatic nitrogens is 2. The van der Waals surface area contributed by atoms with Gasteiger partial charge >= 0.3 is 0 Å². The topological polar surface area (TPSA) is 102 Å². The monoisotopic (exact) mass is 363 g/mol. The molecule has 0 saturated carbocycles. The Morgan fingerprint density at radius 3 is 3.08 bits per heavy atom. The largest absolute Gasteiger partial charge is 0.380 e. The summed E-state index contributed by atoms with van der Waals surface area (Å²) in [4.78, 5) is 21.6. The Bertz CT molecular complexity index is 840. The van der Waals surface area contributed by atoms with Crippen molar-refractivity contribution in [3.63, 3.8) is 0 Å². The first kappa shape index (κ1) is 16.4. The van der Waals surface area contributed by atoms with Gasteiger partial charge in [-0.05, 0) is 13.3 Å².